The number of hydrogen-bond acceptors (Lipinski definition) is 5. The lowest BCUT2D eigenvalue weighted by atomic mass is 10.2. The van der Waals surface area contributed by atoms with Crippen LogP contribution >= 0.6 is 11.3 Å². The second-order valence-corrected chi connectivity index (χ2v) is 4.61. The summed E-state index contributed by atoms with van der Waals surface area (Å²) in [6.07, 6.45) is -0.263. The molecule has 4 nitrogen and oxygen atoms in total. The first-order valence-electron chi connectivity index (χ1n) is 5.33. The molecule has 0 bridgehead atoms. The quantitative estimate of drug-likeness (QED) is 0.592. The maximum Gasteiger partial charge on any atom is 0.101 e. The van der Waals surface area contributed by atoms with Crippen molar-refractivity contribution in [3.8, 4) is 0 Å². The number of rotatable bonds is 8. The van der Waals surface area contributed by atoms with Gasteiger partial charge < -0.3 is 20.3 Å². The van der Waals surface area contributed by atoms with Gasteiger partial charge in [-0.2, -0.15) is 0 Å². The summed E-state index contributed by atoms with van der Waals surface area (Å²) in [5, 5.41) is 24.2. The Kier molecular flexibility index (Phi) is 6.59. The molecular formula is C11H19NO3S. The summed E-state index contributed by atoms with van der Waals surface area (Å²) >= 11 is 1.54. The summed E-state index contributed by atoms with van der Waals surface area (Å²) in [4.78, 5) is 0.963. The Morgan fingerprint density at radius 2 is 2.31 bits per heavy atom. The summed E-state index contributed by atoms with van der Waals surface area (Å²) in [5.41, 5.74) is 0. The minimum atomic E-state index is -0.459. The minimum Gasteiger partial charge on any atom is -0.391 e. The first kappa shape index (κ1) is 13.6. The molecule has 1 heterocycles. The molecule has 0 spiro atoms. The summed E-state index contributed by atoms with van der Waals surface area (Å²) in [6, 6.07) is 3.84. The van der Waals surface area contributed by atoms with E-state index in [-0.39, 0.29) is 0 Å². The van der Waals surface area contributed by atoms with Crippen molar-refractivity contribution in [3.05, 3.63) is 22.4 Å². The van der Waals surface area contributed by atoms with Gasteiger partial charge in [-0.25, -0.2) is 0 Å². The summed E-state index contributed by atoms with van der Waals surface area (Å²) < 4.78 is 4.82. The third-order valence-corrected chi connectivity index (χ3v) is 3.20. The Labute approximate surface area is 99.9 Å². The van der Waals surface area contributed by atoms with Crippen molar-refractivity contribution >= 4 is 11.3 Å². The van der Waals surface area contributed by atoms with Crippen molar-refractivity contribution < 1.29 is 14.9 Å². The predicted octanol–water partition coefficient (Wildman–Crippen LogP) is 0.768. The number of nitrogens with one attached hydrogen (secondary N) is 1. The molecule has 0 aliphatic carbocycles. The third-order valence-electron chi connectivity index (χ3n) is 2.22. The van der Waals surface area contributed by atoms with Gasteiger partial charge in [0.05, 0.1) is 12.7 Å². The van der Waals surface area contributed by atoms with E-state index in [9.17, 15) is 10.2 Å². The van der Waals surface area contributed by atoms with Gasteiger partial charge >= 0.3 is 0 Å². The van der Waals surface area contributed by atoms with Crippen LogP contribution in [0.2, 0.25) is 0 Å². The second kappa shape index (κ2) is 7.76. The average molecular weight is 245 g/mol. The minimum absolute atomic E-state index is 0.356. The highest BCUT2D eigenvalue weighted by Gasteiger charge is 2.08. The van der Waals surface area contributed by atoms with Crippen LogP contribution < -0.4 is 5.32 Å². The first-order chi connectivity index (χ1) is 7.74. The molecule has 2 unspecified atom stereocenters. The molecule has 92 valence electrons. The number of aliphatic hydroxyl groups is 2. The number of ether oxygens (including phenoxy) is 1. The van der Waals surface area contributed by atoms with Crippen LogP contribution in [0.1, 0.15) is 17.4 Å². The molecule has 1 aromatic rings. The lowest BCUT2D eigenvalue weighted by Gasteiger charge is -2.12. The van der Waals surface area contributed by atoms with Crippen LogP contribution in [-0.2, 0) is 4.74 Å². The fourth-order valence-electron chi connectivity index (χ4n) is 1.36. The van der Waals surface area contributed by atoms with Gasteiger partial charge in [0.25, 0.3) is 0 Å². The van der Waals surface area contributed by atoms with Crippen LogP contribution in [0, 0.1) is 0 Å². The SMILES string of the molecule is COCC(O)CCNCC(O)c1cccs1. The van der Waals surface area contributed by atoms with Crippen LogP contribution in [0.4, 0.5) is 0 Å². The predicted molar refractivity (Wildman–Crippen MR) is 64.6 cm³/mol. The lowest BCUT2D eigenvalue weighted by molar-refractivity contribution is 0.0587. The topological polar surface area (TPSA) is 61.7 Å². The Balaban J connectivity index is 2.07. The van der Waals surface area contributed by atoms with E-state index in [4.69, 9.17) is 4.74 Å². The molecule has 1 aromatic heterocycles. The van der Waals surface area contributed by atoms with Crippen molar-refractivity contribution in [1.29, 1.82) is 0 Å². The van der Waals surface area contributed by atoms with Gasteiger partial charge in [0.1, 0.15) is 6.10 Å². The van der Waals surface area contributed by atoms with Gasteiger partial charge in [-0.15, -0.1) is 11.3 Å². The van der Waals surface area contributed by atoms with E-state index in [1.54, 1.807) is 18.4 Å². The normalized spacial score (nSPS) is 14.9. The molecule has 2 atom stereocenters. The zero-order valence-electron chi connectivity index (χ0n) is 9.43. The van der Waals surface area contributed by atoms with Gasteiger partial charge in [-0.1, -0.05) is 6.07 Å². The van der Waals surface area contributed by atoms with E-state index in [2.05, 4.69) is 5.32 Å². The smallest absolute Gasteiger partial charge is 0.101 e. The molecule has 0 saturated heterocycles. The molecular weight excluding hydrogens is 226 g/mol. The second-order valence-electron chi connectivity index (χ2n) is 3.63. The first-order valence-corrected chi connectivity index (χ1v) is 6.21. The van der Waals surface area contributed by atoms with Gasteiger partial charge in [0.15, 0.2) is 0 Å². The van der Waals surface area contributed by atoms with Gasteiger partial charge in [-0.05, 0) is 24.4 Å². The van der Waals surface area contributed by atoms with E-state index in [0.717, 1.165) is 4.88 Å². The number of aliphatic hydroxyl groups excluding tert-OH is 2. The molecule has 1 rings (SSSR count). The zero-order chi connectivity index (χ0) is 11.8. The molecule has 5 heteroatoms. The van der Waals surface area contributed by atoms with Crippen molar-refractivity contribution in [1.82, 2.24) is 5.32 Å². The van der Waals surface area contributed by atoms with E-state index < -0.39 is 12.2 Å². The fourth-order valence-corrected chi connectivity index (χ4v) is 2.08. The maximum atomic E-state index is 9.74. The molecule has 3 N–H and O–H groups in total. The molecule has 0 fully saturated rings. The summed E-state index contributed by atoms with van der Waals surface area (Å²) in [5.74, 6) is 0. The van der Waals surface area contributed by atoms with Crippen molar-refractivity contribution in [3.63, 3.8) is 0 Å². The van der Waals surface area contributed by atoms with Gasteiger partial charge in [0.2, 0.25) is 0 Å². The Hall–Kier alpha value is -0.460. The average Bonchev–Trinajstić information content (AvgIpc) is 2.78. The summed E-state index contributed by atoms with van der Waals surface area (Å²) in [6.45, 7) is 1.54. The molecule has 0 saturated carbocycles. The van der Waals surface area contributed by atoms with Crippen molar-refractivity contribution in [2.45, 2.75) is 18.6 Å². The highest BCUT2D eigenvalue weighted by Crippen LogP contribution is 2.17. The van der Waals surface area contributed by atoms with Crippen LogP contribution in [0.15, 0.2) is 17.5 Å². The van der Waals surface area contributed by atoms with E-state index in [1.165, 1.54) is 0 Å². The highest BCUT2D eigenvalue weighted by atomic mass is 32.1. The van der Waals surface area contributed by atoms with Crippen molar-refractivity contribution in [2.24, 2.45) is 0 Å². The van der Waals surface area contributed by atoms with E-state index in [0.29, 0.717) is 26.1 Å². The van der Waals surface area contributed by atoms with Gasteiger partial charge in [-0.3, -0.25) is 0 Å². The molecule has 0 amide bonds. The largest absolute Gasteiger partial charge is 0.391 e. The van der Waals surface area contributed by atoms with E-state index in [1.807, 2.05) is 17.5 Å². The molecule has 0 aromatic carbocycles. The molecule has 0 aliphatic heterocycles. The van der Waals surface area contributed by atoms with Crippen LogP contribution in [0.25, 0.3) is 0 Å². The van der Waals surface area contributed by atoms with E-state index >= 15 is 0 Å². The molecule has 0 radical (unpaired) electrons. The van der Waals surface area contributed by atoms with Gasteiger partial charge in [0, 0.05) is 18.5 Å². The third kappa shape index (κ3) is 5.05. The lowest BCUT2D eigenvalue weighted by Crippen LogP contribution is -2.26. The zero-order valence-corrected chi connectivity index (χ0v) is 10.2. The standard InChI is InChI=1S/C11H19NO3S/c1-15-8-9(13)4-5-12-7-10(14)11-3-2-6-16-11/h2-3,6,9-10,12-14H,4-5,7-8H2,1H3. The van der Waals surface area contributed by atoms with Crippen LogP contribution in [0.3, 0.4) is 0 Å². The Bertz CT molecular complexity index is 266. The van der Waals surface area contributed by atoms with Crippen molar-refractivity contribution in [2.75, 3.05) is 26.8 Å². The summed E-state index contributed by atoms with van der Waals surface area (Å²) in [7, 11) is 1.57. The van der Waals surface area contributed by atoms with Crippen LogP contribution in [-0.4, -0.2) is 43.1 Å². The molecule has 0 aliphatic rings. The number of hydrogen-bond donors (Lipinski definition) is 3. The Morgan fingerprint density at radius 1 is 1.50 bits per heavy atom. The molecule has 16 heavy (non-hydrogen) atoms. The van der Waals surface area contributed by atoms with Crippen LogP contribution in [0.5, 0.6) is 0 Å². The highest BCUT2D eigenvalue weighted by molar-refractivity contribution is 7.10. The monoisotopic (exact) mass is 245 g/mol. The Morgan fingerprint density at radius 3 is 2.94 bits per heavy atom. The number of thiophene rings is 1. The fraction of sp³-hybridized carbons (Fsp3) is 0.636. The maximum absolute atomic E-state index is 9.74. The number of methoxy groups -OCH3 is 1.